The van der Waals surface area contributed by atoms with Crippen LogP contribution < -0.4 is 16.0 Å². The highest BCUT2D eigenvalue weighted by molar-refractivity contribution is 5.77. The highest BCUT2D eigenvalue weighted by Gasteiger charge is 2.13. The summed E-state index contributed by atoms with van der Waals surface area (Å²) in [6, 6.07) is 0.171. The number of hydrogen-bond acceptors (Lipinski definition) is 4. The molecule has 0 aromatic carbocycles. The van der Waals surface area contributed by atoms with E-state index in [2.05, 4.69) is 43.6 Å². The second-order valence-corrected chi connectivity index (χ2v) is 6.75. The standard InChI is InChI=1S/C13H27N3O2.C4H10/c1-2-12(16-13(18)10-17)5-8-15-9-11-3-6-14-7-4-11;1-4(2)3/h11-12,14-15,17H,2-10H2,1H3,(H,16,18);4H,1-3H3. The molecular weight excluding hydrogens is 278 g/mol. The molecule has 0 aromatic rings. The van der Waals surface area contributed by atoms with Gasteiger partial charge in [-0.05, 0) is 63.7 Å². The van der Waals surface area contributed by atoms with Crippen LogP contribution in [0.5, 0.6) is 0 Å². The summed E-state index contributed by atoms with van der Waals surface area (Å²) >= 11 is 0. The maximum atomic E-state index is 11.1. The number of amides is 1. The van der Waals surface area contributed by atoms with E-state index in [0.29, 0.717) is 0 Å². The average Bonchev–Trinajstić information content (AvgIpc) is 2.50. The van der Waals surface area contributed by atoms with E-state index in [0.717, 1.165) is 50.9 Å². The third-order valence-corrected chi connectivity index (χ3v) is 3.56. The fourth-order valence-corrected chi connectivity index (χ4v) is 2.32. The smallest absolute Gasteiger partial charge is 0.245 e. The Bertz CT molecular complexity index is 264. The summed E-state index contributed by atoms with van der Waals surface area (Å²) in [5, 5.41) is 18.3. The molecule has 1 rings (SSSR count). The topological polar surface area (TPSA) is 73.4 Å². The second-order valence-electron chi connectivity index (χ2n) is 6.75. The van der Waals surface area contributed by atoms with Crippen molar-refractivity contribution in [2.24, 2.45) is 11.8 Å². The number of carbonyl (C=O) groups is 1. The van der Waals surface area contributed by atoms with Gasteiger partial charge in [0.05, 0.1) is 0 Å². The maximum absolute atomic E-state index is 11.1. The number of carbonyl (C=O) groups excluding carboxylic acids is 1. The summed E-state index contributed by atoms with van der Waals surface area (Å²) < 4.78 is 0. The summed E-state index contributed by atoms with van der Waals surface area (Å²) in [7, 11) is 0. The molecule has 1 saturated heterocycles. The van der Waals surface area contributed by atoms with Gasteiger partial charge in [-0.2, -0.15) is 0 Å². The Labute approximate surface area is 136 Å². The van der Waals surface area contributed by atoms with Gasteiger partial charge in [-0.25, -0.2) is 0 Å². The van der Waals surface area contributed by atoms with Crippen molar-refractivity contribution < 1.29 is 9.90 Å². The largest absolute Gasteiger partial charge is 0.387 e. The predicted molar refractivity (Wildman–Crippen MR) is 92.9 cm³/mol. The minimum Gasteiger partial charge on any atom is -0.387 e. The van der Waals surface area contributed by atoms with Crippen LogP contribution in [0, 0.1) is 11.8 Å². The summed E-state index contributed by atoms with van der Waals surface area (Å²) in [6.07, 6.45) is 4.34. The van der Waals surface area contributed by atoms with Crippen molar-refractivity contribution in [2.45, 2.75) is 59.4 Å². The van der Waals surface area contributed by atoms with Gasteiger partial charge in [0.1, 0.15) is 6.61 Å². The van der Waals surface area contributed by atoms with Crippen LogP contribution in [0.4, 0.5) is 0 Å². The molecule has 0 aromatic heterocycles. The number of rotatable bonds is 8. The van der Waals surface area contributed by atoms with Crippen molar-refractivity contribution in [2.75, 3.05) is 32.8 Å². The van der Waals surface area contributed by atoms with Gasteiger partial charge in [-0.15, -0.1) is 0 Å². The van der Waals surface area contributed by atoms with Crippen LogP contribution in [0.1, 0.15) is 53.4 Å². The average molecular weight is 316 g/mol. The molecule has 22 heavy (non-hydrogen) atoms. The van der Waals surface area contributed by atoms with Crippen LogP contribution >= 0.6 is 0 Å². The zero-order valence-electron chi connectivity index (χ0n) is 15.0. The number of aliphatic hydroxyl groups is 1. The van der Waals surface area contributed by atoms with Gasteiger partial charge in [-0.3, -0.25) is 4.79 Å². The molecule has 0 aliphatic carbocycles. The first-order chi connectivity index (χ1) is 10.5. The van der Waals surface area contributed by atoms with Gasteiger partial charge in [0.15, 0.2) is 0 Å². The molecule has 132 valence electrons. The van der Waals surface area contributed by atoms with Gasteiger partial charge in [-0.1, -0.05) is 27.7 Å². The van der Waals surface area contributed by atoms with Crippen molar-refractivity contribution in [3.8, 4) is 0 Å². The van der Waals surface area contributed by atoms with Crippen LogP contribution in [0.2, 0.25) is 0 Å². The molecule has 5 nitrogen and oxygen atoms in total. The molecular formula is C17H37N3O2. The molecule has 0 bridgehead atoms. The number of nitrogens with one attached hydrogen (secondary N) is 3. The van der Waals surface area contributed by atoms with E-state index in [1.807, 2.05) is 0 Å². The Morgan fingerprint density at radius 2 is 1.86 bits per heavy atom. The lowest BCUT2D eigenvalue weighted by atomic mass is 9.98. The van der Waals surface area contributed by atoms with Crippen molar-refractivity contribution >= 4 is 5.91 Å². The third-order valence-electron chi connectivity index (χ3n) is 3.56. The predicted octanol–water partition coefficient (Wildman–Crippen LogP) is 1.52. The molecule has 1 aliphatic rings. The molecule has 0 radical (unpaired) electrons. The summed E-state index contributed by atoms with van der Waals surface area (Å²) in [6.45, 7) is 12.4. The third kappa shape index (κ3) is 13.0. The van der Waals surface area contributed by atoms with Crippen LogP contribution in [-0.2, 0) is 4.79 Å². The van der Waals surface area contributed by atoms with Gasteiger partial charge in [0.25, 0.3) is 0 Å². The quantitative estimate of drug-likeness (QED) is 0.512. The van der Waals surface area contributed by atoms with Crippen molar-refractivity contribution in [1.82, 2.24) is 16.0 Å². The van der Waals surface area contributed by atoms with Gasteiger partial charge >= 0.3 is 0 Å². The Kier molecular flexibility index (Phi) is 13.6. The lowest BCUT2D eigenvalue weighted by Gasteiger charge is -2.23. The van der Waals surface area contributed by atoms with E-state index in [-0.39, 0.29) is 11.9 Å². The van der Waals surface area contributed by atoms with Crippen LogP contribution in [0.15, 0.2) is 0 Å². The monoisotopic (exact) mass is 315 g/mol. The number of hydrogen-bond donors (Lipinski definition) is 4. The van der Waals surface area contributed by atoms with E-state index in [1.54, 1.807) is 0 Å². The van der Waals surface area contributed by atoms with E-state index in [9.17, 15) is 4.79 Å². The van der Waals surface area contributed by atoms with E-state index < -0.39 is 6.61 Å². The Morgan fingerprint density at radius 3 is 2.36 bits per heavy atom. The van der Waals surface area contributed by atoms with E-state index >= 15 is 0 Å². The maximum Gasteiger partial charge on any atom is 0.245 e. The van der Waals surface area contributed by atoms with Crippen molar-refractivity contribution in [3.63, 3.8) is 0 Å². The number of piperidine rings is 1. The molecule has 0 spiro atoms. The molecule has 5 heteroatoms. The minimum atomic E-state index is -0.418. The van der Waals surface area contributed by atoms with Crippen molar-refractivity contribution in [1.29, 1.82) is 0 Å². The molecule has 1 amide bonds. The van der Waals surface area contributed by atoms with Crippen molar-refractivity contribution in [3.05, 3.63) is 0 Å². The van der Waals surface area contributed by atoms with Gasteiger partial charge in [0, 0.05) is 6.04 Å². The van der Waals surface area contributed by atoms with Gasteiger partial charge < -0.3 is 21.1 Å². The SMILES string of the molecule is CC(C)C.CCC(CCNCC1CCNCC1)NC(=O)CO. The summed E-state index contributed by atoms with van der Waals surface area (Å²) in [5.74, 6) is 1.35. The highest BCUT2D eigenvalue weighted by Crippen LogP contribution is 2.09. The number of aliphatic hydroxyl groups excluding tert-OH is 1. The Morgan fingerprint density at radius 1 is 1.27 bits per heavy atom. The zero-order chi connectivity index (χ0) is 16.8. The zero-order valence-corrected chi connectivity index (χ0v) is 15.0. The van der Waals surface area contributed by atoms with E-state index in [4.69, 9.17) is 5.11 Å². The summed E-state index contributed by atoms with van der Waals surface area (Å²) in [4.78, 5) is 11.1. The summed E-state index contributed by atoms with van der Waals surface area (Å²) in [5.41, 5.74) is 0. The lowest BCUT2D eigenvalue weighted by Crippen LogP contribution is -2.39. The highest BCUT2D eigenvalue weighted by atomic mass is 16.3. The Balaban J connectivity index is 0.000000980. The first-order valence-electron chi connectivity index (χ1n) is 8.81. The fraction of sp³-hybridized carbons (Fsp3) is 0.941. The molecule has 1 fully saturated rings. The van der Waals surface area contributed by atoms with Gasteiger partial charge in [0.2, 0.25) is 5.91 Å². The molecule has 1 aliphatic heterocycles. The van der Waals surface area contributed by atoms with E-state index in [1.165, 1.54) is 12.8 Å². The molecule has 0 saturated carbocycles. The van der Waals surface area contributed by atoms with Crippen LogP contribution in [0.3, 0.4) is 0 Å². The second kappa shape index (κ2) is 14.0. The molecule has 1 atom stereocenters. The Hall–Kier alpha value is -0.650. The first-order valence-corrected chi connectivity index (χ1v) is 8.81. The van der Waals surface area contributed by atoms with Crippen LogP contribution in [-0.4, -0.2) is 49.8 Å². The fourth-order valence-electron chi connectivity index (χ4n) is 2.32. The minimum absolute atomic E-state index is 0.171. The first kappa shape index (κ1) is 21.4. The molecule has 4 N–H and O–H groups in total. The molecule has 1 unspecified atom stereocenters. The molecule has 1 heterocycles. The lowest BCUT2D eigenvalue weighted by molar-refractivity contribution is -0.124. The normalized spacial score (nSPS) is 16.8. The van der Waals surface area contributed by atoms with Crippen LogP contribution in [0.25, 0.3) is 0 Å².